The molecule has 0 aliphatic carbocycles. The van der Waals surface area contributed by atoms with E-state index in [2.05, 4.69) is 25.9 Å². The number of benzene rings is 3. The predicted molar refractivity (Wildman–Crippen MR) is 189 cm³/mol. The van der Waals surface area contributed by atoms with E-state index in [0.29, 0.717) is 82.0 Å². The molecule has 0 radical (unpaired) electrons. The zero-order valence-electron chi connectivity index (χ0n) is 30.0. The fourth-order valence-corrected chi connectivity index (χ4v) is 6.13. The van der Waals surface area contributed by atoms with Crippen molar-refractivity contribution >= 4 is 56.6 Å². The quantitative estimate of drug-likeness (QED) is 0.0380. The van der Waals surface area contributed by atoms with Gasteiger partial charge in [0.2, 0.25) is 5.82 Å². The van der Waals surface area contributed by atoms with Crippen LogP contribution in [-0.2, 0) is 19.5 Å². The average molecular weight is 777 g/mol. The number of amides is 1. The molecule has 0 saturated heterocycles. The van der Waals surface area contributed by atoms with Gasteiger partial charge in [-0.3, -0.25) is 9.83 Å². The number of nitrogens with zero attached hydrogens (tertiary/aromatic N) is 7. The van der Waals surface area contributed by atoms with Gasteiger partial charge >= 0.3 is 59.1 Å². The van der Waals surface area contributed by atoms with Gasteiger partial charge in [0, 0.05) is 51.7 Å². The summed E-state index contributed by atoms with van der Waals surface area (Å²) in [7, 11) is -4.27. The summed E-state index contributed by atoms with van der Waals surface area (Å²) in [6.45, 7) is 7.03. The Balaban J connectivity index is 0.00000378. The molecule has 1 aromatic heterocycles. The van der Waals surface area contributed by atoms with Crippen LogP contribution >= 0.6 is 12.0 Å². The topological polar surface area (TPSA) is 210 Å². The summed E-state index contributed by atoms with van der Waals surface area (Å²) < 4.78 is 37.3. The Labute approximate surface area is 356 Å². The molecule has 4 aromatic rings. The fourth-order valence-electron chi connectivity index (χ4n) is 5.15. The first-order valence-corrected chi connectivity index (χ1v) is 18.1. The molecule has 1 N–H and O–H groups in total. The maximum absolute atomic E-state index is 12.8. The van der Waals surface area contributed by atoms with Crippen LogP contribution in [0.25, 0.3) is 11.4 Å². The zero-order chi connectivity index (χ0) is 36.6. The van der Waals surface area contributed by atoms with Gasteiger partial charge in [-0.15, -0.1) is 9.89 Å². The minimum absolute atomic E-state index is 0. The molecule has 2 heterocycles. The minimum atomic E-state index is -4.27. The number of anilines is 2. The summed E-state index contributed by atoms with van der Waals surface area (Å²) in [5.74, 6) is 0.127. The summed E-state index contributed by atoms with van der Waals surface area (Å²) in [4.78, 5) is 26.5. The van der Waals surface area contributed by atoms with Crippen molar-refractivity contribution in [1.82, 2.24) is 14.9 Å². The number of fused-ring (bicyclic) bond motifs is 1. The van der Waals surface area contributed by atoms with Crippen molar-refractivity contribution in [1.29, 1.82) is 5.26 Å². The minimum Gasteiger partial charge on any atom is -0.748 e. The van der Waals surface area contributed by atoms with Gasteiger partial charge in [-0.2, -0.15) is 14.7 Å². The number of rotatable bonds is 15. The van der Waals surface area contributed by atoms with Gasteiger partial charge in [0.15, 0.2) is 5.82 Å². The molecule has 0 atom stereocenters. The molecule has 15 nitrogen and oxygen atoms in total. The molecule has 19 heteroatoms. The van der Waals surface area contributed by atoms with Crippen LogP contribution in [0.5, 0.6) is 0 Å². The van der Waals surface area contributed by atoms with Gasteiger partial charge in [0.05, 0.1) is 46.0 Å². The second-order valence-electron chi connectivity index (χ2n) is 12.5. The Hall–Kier alpha value is -2.96. The smallest absolute Gasteiger partial charge is 0.748 e. The van der Waals surface area contributed by atoms with Crippen molar-refractivity contribution in [3.05, 3.63) is 84.2 Å². The van der Waals surface area contributed by atoms with E-state index >= 15 is 0 Å². The maximum atomic E-state index is 12.8. The number of carbonyl (C=O) groups excluding carboxylic acids is 1. The van der Waals surface area contributed by atoms with Crippen molar-refractivity contribution in [3.8, 4) is 17.5 Å². The van der Waals surface area contributed by atoms with Crippen molar-refractivity contribution in [2.24, 2.45) is 15.5 Å². The first-order valence-electron chi connectivity index (χ1n) is 15.8. The Morgan fingerprint density at radius 1 is 1.06 bits per heavy atom. The summed E-state index contributed by atoms with van der Waals surface area (Å²) in [5, 5.41) is 34.8. The Morgan fingerprint density at radius 2 is 1.77 bits per heavy atom. The molecule has 53 heavy (non-hydrogen) atoms. The van der Waals surface area contributed by atoms with Crippen LogP contribution in [-0.4, -0.2) is 64.0 Å². The van der Waals surface area contributed by atoms with E-state index in [9.17, 15) is 23.0 Å². The number of aromatic nitrogens is 3. The summed E-state index contributed by atoms with van der Waals surface area (Å²) in [5.41, 5.74) is 4.02. The molecule has 1 amide bonds. The Morgan fingerprint density at radius 3 is 2.42 bits per heavy atom. The monoisotopic (exact) mass is 776 g/mol. The van der Waals surface area contributed by atoms with Gasteiger partial charge in [-0.1, -0.05) is 26.8 Å². The van der Waals surface area contributed by atoms with Crippen molar-refractivity contribution in [3.63, 3.8) is 0 Å². The van der Waals surface area contributed by atoms with Gasteiger partial charge < -0.3 is 20.0 Å². The van der Waals surface area contributed by atoms with Crippen molar-refractivity contribution in [2.75, 3.05) is 29.1 Å². The number of aliphatic imine (C=N–C) groups is 1. The molecule has 5 rings (SSSR count). The number of nitriles is 1. The third-order valence-corrected chi connectivity index (χ3v) is 8.97. The Kier molecular flexibility index (Phi) is 16.9. The van der Waals surface area contributed by atoms with Crippen LogP contribution in [0.3, 0.4) is 0 Å². The van der Waals surface area contributed by atoms with Crippen LogP contribution in [0.4, 0.5) is 17.1 Å². The number of hydrogen-bond acceptors (Lipinski definition) is 14. The number of carbonyl (C=O) groups is 1. The summed E-state index contributed by atoms with van der Waals surface area (Å²) in [6, 6.07) is 23.2. The normalized spacial score (nSPS) is 13.0. The molecular weight excluding hydrogens is 743 g/mol. The second kappa shape index (κ2) is 20.1. The van der Waals surface area contributed by atoms with Crippen molar-refractivity contribution < 1.29 is 91.5 Å². The molecular formula is C34H34N8Na2O7S2. The molecule has 1 aliphatic rings. The van der Waals surface area contributed by atoms with Crippen LogP contribution < -0.4 is 74.6 Å². The van der Waals surface area contributed by atoms with Crippen LogP contribution in [0.1, 0.15) is 56.2 Å². The average Bonchev–Trinajstić information content (AvgIpc) is 3.67. The van der Waals surface area contributed by atoms with Crippen LogP contribution in [0, 0.1) is 16.7 Å². The largest absolute Gasteiger partial charge is 1.00 e. The first kappa shape index (κ1) is 44.4. The van der Waals surface area contributed by atoms with Gasteiger partial charge in [-0.05, 0) is 79.6 Å². The van der Waals surface area contributed by atoms with Crippen molar-refractivity contribution in [2.45, 2.75) is 44.9 Å². The van der Waals surface area contributed by atoms with E-state index in [0.717, 1.165) is 5.69 Å². The standard InChI is InChI=1S/C34H36N8O7S2.2Na/c1-34(2,3)30-29(36-25-14-16-27(17-15-25)41(20-7-18-35)19-4-5-21-51(45,46)47)32-38-31(40-42(32)39-30)23-10-12-26(13-11-23)37-33(43)24-8-6-9-28(22-24)50-49-48-44;;/h6,8-17,22,44H,4-5,7,19-21H2,1-3H3,(H,37,43)(H,45,46,47);;/q;2*+1/p-2. The van der Waals surface area contributed by atoms with E-state index in [4.69, 9.17) is 20.3 Å². The summed E-state index contributed by atoms with van der Waals surface area (Å²) in [6.07, 6.45) is 1.02. The number of nitrogens with one attached hydrogen (secondary N) is 1. The van der Waals surface area contributed by atoms with E-state index in [1.165, 1.54) is 4.79 Å². The van der Waals surface area contributed by atoms with Gasteiger partial charge in [0.1, 0.15) is 5.71 Å². The van der Waals surface area contributed by atoms with E-state index < -0.39 is 15.9 Å². The number of unbranched alkanes of at least 4 members (excludes halogenated alkanes) is 1. The molecule has 0 spiro atoms. The molecule has 0 bridgehead atoms. The molecule has 0 unspecified atom stereocenters. The maximum Gasteiger partial charge on any atom is 1.00 e. The third kappa shape index (κ3) is 12.5. The molecule has 266 valence electrons. The first-order chi connectivity index (χ1) is 24.3. The molecule has 1 aliphatic heterocycles. The Bertz CT molecular complexity index is 2080. The number of hydrogen-bond donors (Lipinski definition) is 1. The van der Waals surface area contributed by atoms with Gasteiger partial charge in [0.25, 0.3) is 5.91 Å². The molecule has 0 fully saturated rings. The van der Waals surface area contributed by atoms with Crippen LogP contribution in [0.15, 0.2) is 87.8 Å². The third-order valence-electron chi connectivity index (χ3n) is 7.61. The van der Waals surface area contributed by atoms with E-state index in [1.54, 1.807) is 48.5 Å². The fraction of sp³-hybridized carbons (Fsp3) is 0.294. The van der Waals surface area contributed by atoms with E-state index in [-0.39, 0.29) is 83.3 Å². The van der Waals surface area contributed by atoms with E-state index in [1.807, 2.05) is 49.9 Å². The van der Waals surface area contributed by atoms with Crippen LogP contribution in [0.2, 0.25) is 0 Å². The predicted octanol–water partition coefficient (Wildman–Crippen LogP) is -1.13. The SMILES string of the molecule is CC(C)(C)C1=Nn2nc(-c3ccc(NC(=O)c4cccc(SOO[O-])c4)cc3)nc2C1=Nc1ccc(N(CCC#N)CCCCS(=O)(=O)[O-])cc1.[Na+].[Na+]. The molecule has 3 aromatic carbocycles. The molecule has 0 saturated carbocycles. The zero-order valence-corrected chi connectivity index (χ0v) is 35.6. The second-order valence-corrected chi connectivity index (χ2v) is 14.8. The van der Waals surface area contributed by atoms with Gasteiger partial charge in [-0.25, -0.2) is 18.4 Å². The summed E-state index contributed by atoms with van der Waals surface area (Å²) >= 11 is 0.696.